The molecule has 0 saturated carbocycles. The number of nitrogens with zero attached hydrogens (tertiary/aromatic N) is 12. The maximum absolute atomic E-state index is 12.4. The van der Waals surface area contributed by atoms with Gasteiger partial charge in [0.15, 0.2) is 46.0 Å². The molecule has 12 aromatic rings. The Kier molecular flexibility index (Phi) is 37.6. The fourth-order valence-electron chi connectivity index (χ4n) is 15.4. The van der Waals surface area contributed by atoms with Gasteiger partial charge in [-0.2, -0.15) is 0 Å². The summed E-state index contributed by atoms with van der Waals surface area (Å²) in [5.74, 6) is 6.33. The van der Waals surface area contributed by atoms with Crippen molar-refractivity contribution in [3.8, 4) is 46.0 Å². The average Bonchev–Trinajstić information content (AvgIpc) is 0.794. The third-order valence-corrected chi connectivity index (χ3v) is 32.0. The van der Waals surface area contributed by atoms with Gasteiger partial charge in [-0.25, -0.2) is 39.9 Å². The molecular weight excluding hydrogens is 1880 g/mol. The Labute approximate surface area is 803 Å². The first kappa shape index (κ1) is 104. The number of methoxy groups -OCH3 is 4. The van der Waals surface area contributed by atoms with Gasteiger partial charge in [-0.05, 0) is 181 Å². The molecule has 8 aromatic carbocycles. The number of hydrogen-bond acceptors (Lipinski definition) is 33. The van der Waals surface area contributed by atoms with Crippen LogP contribution in [0.2, 0.25) is 5.02 Å². The van der Waals surface area contributed by atoms with Crippen LogP contribution in [0.4, 0.5) is 46.0 Å². The molecule has 734 valence electrons. The Morgan fingerprint density at radius 1 is 0.328 bits per heavy atom. The van der Waals surface area contributed by atoms with Gasteiger partial charge in [0.25, 0.3) is 0 Å². The molecule has 4 aliphatic rings. The van der Waals surface area contributed by atoms with Gasteiger partial charge in [0, 0.05) is 168 Å². The van der Waals surface area contributed by atoms with Crippen LogP contribution in [0.15, 0.2) is 165 Å². The first-order valence-corrected chi connectivity index (χ1v) is 56.9. The minimum absolute atomic E-state index is 0.0496. The quantitative estimate of drug-likeness (QED) is 0.0140. The number of aromatic nitrogens is 8. The van der Waals surface area contributed by atoms with E-state index in [1.165, 1.54) is 37.4 Å². The highest BCUT2D eigenvalue weighted by Gasteiger charge is 2.32. The van der Waals surface area contributed by atoms with Crippen LogP contribution in [0, 0.1) is 0 Å². The monoisotopic (exact) mass is 2000 g/mol. The smallest absolute Gasteiger partial charge is 0.335 e. The van der Waals surface area contributed by atoms with Crippen LogP contribution in [0.1, 0.15) is 25.7 Å². The summed E-state index contributed by atoms with van der Waals surface area (Å²) in [6, 6.07) is 41.3. The molecule has 42 heteroatoms. The van der Waals surface area contributed by atoms with E-state index in [9.17, 15) is 27.7 Å². The number of halogens is 1. The SMILES string of the molecule is COc1cc2ncnc(Nc3ccc(P(=O)(O)CP(=O)(O)O)cc3)c2cc1OCCCN1CCOCC1.COc1cc2ncnc(Nc3ccc(P(C)(C)=O)c(Cl)c3)c2cc1OCCCN1CCOCC1.COc1cc2ncnc(Nc3ccc(P(C)(C)=O)cc3)c2cc1OCCCN1CCOCC1.COc1cc2ncnc(Nc3ccc(P(C)(C)=O)cc3)c2cc1OCCCN1CCOCC1. The number of hydrogen-bond donors (Lipinski definition) is 7. The topological polar surface area (TPSA) is 421 Å². The molecule has 0 radical (unpaired) electrons. The summed E-state index contributed by atoms with van der Waals surface area (Å²) in [5.41, 5.74) is 5.89. The Bertz CT molecular complexity index is 6090. The second-order valence-corrected chi connectivity index (χ2v) is 48.4. The molecule has 1 atom stereocenters. The van der Waals surface area contributed by atoms with Crippen LogP contribution in [0.5, 0.6) is 46.0 Å². The van der Waals surface area contributed by atoms with Crippen LogP contribution in [0.25, 0.3) is 43.6 Å². The molecule has 4 aromatic heterocycles. The molecule has 36 nitrogen and oxygen atoms in total. The summed E-state index contributed by atoms with van der Waals surface area (Å²) < 4.78 is 129. The molecule has 0 bridgehead atoms. The third-order valence-electron chi connectivity index (χ3n) is 22.8. The average molecular weight is 2000 g/mol. The molecule has 1 unspecified atom stereocenters. The van der Waals surface area contributed by atoms with Crippen molar-refractivity contribution in [1.82, 2.24) is 59.5 Å². The van der Waals surface area contributed by atoms with Crippen LogP contribution >= 0.6 is 48.0 Å². The van der Waals surface area contributed by atoms with Gasteiger partial charge in [0.2, 0.25) is 7.37 Å². The van der Waals surface area contributed by atoms with Crippen LogP contribution in [0.3, 0.4) is 0 Å². The van der Waals surface area contributed by atoms with Gasteiger partial charge in [0.1, 0.15) is 75.9 Å². The molecule has 7 N–H and O–H groups in total. The van der Waals surface area contributed by atoms with Crippen molar-refractivity contribution in [1.29, 1.82) is 0 Å². The zero-order valence-corrected chi connectivity index (χ0v) is 84.1. The van der Waals surface area contributed by atoms with Crippen molar-refractivity contribution in [2.75, 3.05) is 253 Å². The van der Waals surface area contributed by atoms with E-state index in [0.717, 1.165) is 217 Å². The first-order chi connectivity index (χ1) is 65.9. The van der Waals surface area contributed by atoms with Crippen molar-refractivity contribution in [2.24, 2.45) is 0 Å². The zero-order chi connectivity index (χ0) is 97.1. The van der Waals surface area contributed by atoms with E-state index >= 15 is 0 Å². The minimum Gasteiger partial charge on any atom is -0.493 e. The second kappa shape index (κ2) is 49.5. The number of morpholine rings is 4. The predicted octanol–water partition coefficient (Wildman–Crippen LogP) is 14.4. The van der Waals surface area contributed by atoms with Crippen molar-refractivity contribution >= 4 is 159 Å². The standard InChI is InChI=1S/C24H30ClN4O4P.2C24H31N4O4P.C23H30N4O8P2/c1-31-21-15-20-18(14-22(21)33-10-4-7-29-8-11-32-12-9-29)24(27-16-26-20)28-17-5-6-23(19(25)13-17)34(2,3)30;2*1-30-22-16-21-20(15-23(22)32-12-4-9-28-10-13-31-14-11-28)24(26-17-25-21)27-18-5-7-19(8-6-18)33(2,3)29;1-33-21-14-20-19(13-22(21)35-10-2-7-27-8-11-34-12-9-27)23(25-15-24-20)26-17-3-5-18(6-4-17)36(28,29)16-37(30,31)32/h5-6,13-16H,4,7-12H2,1-3H3,(H,26,27,28);2*5-8,15-17H,4,9-14H2,1-3H3,(H,25,26,27);3-6,13-15H,2,7-12,16H2,1H3,(H,28,29)(H,24,25,26)(H2,30,31,32). The number of ether oxygens (including phenoxy) is 12. The van der Waals surface area contributed by atoms with E-state index in [4.69, 9.17) is 78.2 Å². The molecule has 137 heavy (non-hydrogen) atoms. The number of benzene rings is 8. The maximum atomic E-state index is 12.4. The lowest BCUT2D eigenvalue weighted by molar-refractivity contribution is 0.0357. The van der Waals surface area contributed by atoms with Crippen LogP contribution in [-0.2, 0) is 41.8 Å². The molecule has 4 saturated heterocycles. The highest BCUT2D eigenvalue weighted by atomic mass is 35.5. The summed E-state index contributed by atoms with van der Waals surface area (Å²) in [5, 5.41) is 19.1. The number of nitrogens with one attached hydrogen (secondary N) is 4. The zero-order valence-electron chi connectivity index (χ0n) is 78.9. The molecule has 0 spiro atoms. The van der Waals surface area contributed by atoms with Crippen LogP contribution < -0.4 is 80.4 Å². The minimum atomic E-state index is -4.65. The van der Waals surface area contributed by atoms with Crippen molar-refractivity contribution in [3.63, 3.8) is 0 Å². The Morgan fingerprint density at radius 2 is 0.584 bits per heavy atom. The van der Waals surface area contributed by atoms with Gasteiger partial charge >= 0.3 is 7.60 Å². The first-order valence-electron chi connectivity index (χ1n) is 45.1. The number of anilines is 8. The number of fused-ring (bicyclic) bond motifs is 4. The van der Waals surface area contributed by atoms with Gasteiger partial charge in [-0.1, -0.05) is 11.6 Å². The number of rotatable bonds is 38. The van der Waals surface area contributed by atoms with Crippen molar-refractivity contribution in [2.45, 2.75) is 25.7 Å². The molecule has 0 aliphatic carbocycles. The van der Waals surface area contributed by atoms with Gasteiger partial charge in [-0.15, -0.1) is 0 Å². The van der Waals surface area contributed by atoms with Crippen molar-refractivity contribution < 1.29 is 94.3 Å². The summed E-state index contributed by atoms with van der Waals surface area (Å²) >= 11 is 6.40. The maximum Gasteiger partial charge on any atom is 0.335 e. The van der Waals surface area contributed by atoms with E-state index in [2.05, 4.69) is 80.7 Å². The molecule has 4 aliphatic heterocycles. The Balaban J connectivity index is 0.000000154. The second-order valence-electron chi connectivity index (χ2n) is 34.0. The Morgan fingerprint density at radius 3 is 0.825 bits per heavy atom. The summed E-state index contributed by atoms with van der Waals surface area (Å²) in [7, 11) is -9.46. The third kappa shape index (κ3) is 30.6. The highest BCUT2D eigenvalue weighted by Crippen LogP contribution is 2.54. The van der Waals surface area contributed by atoms with E-state index < -0.39 is 42.3 Å². The fourth-order valence-corrected chi connectivity index (χ4v) is 22.2. The van der Waals surface area contributed by atoms with Crippen LogP contribution in [-0.4, -0.2) is 306 Å². The molecular formula is C95H122ClN16O20P5. The van der Waals surface area contributed by atoms with Gasteiger partial charge < -0.3 is 106 Å². The van der Waals surface area contributed by atoms with E-state index in [0.29, 0.717) is 123 Å². The normalized spacial score (nSPS) is 15.3. The summed E-state index contributed by atoms with van der Waals surface area (Å²) in [6.07, 6.45) is 9.53. The predicted molar refractivity (Wildman–Crippen MR) is 541 cm³/mol. The largest absolute Gasteiger partial charge is 0.493 e. The summed E-state index contributed by atoms with van der Waals surface area (Å²) in [4.78, 5) is 72.9. The van der Waals surface area contributed by atoms with Gasteiger partial charge in [-0.3, -0.25) is 28.7 Å². The summed E-state index contributed by atoms with van der Waals surface area (Å²) in [6.45, 7) is 30.5. The van der Waals surface area contributed by atoms with E-state index in [1.807, 2.05) is 97.1 Å². The molecule has 0 amide bonds. The van der Waals surface area contributed by atoms with E-state index in [-0.39, 0.29) is 5.30 Å². The lowest BCUT2D eigenvalue weighted by Gasteiger charge is -2.26. The van der Waals surface area contributed by atoms with Crippen molar-refractivity contribution in [3.05, 3.63) is 170 Å². The van der Waals surface area contributed by atoms with Gasteiger partial charge in [0.05, 0.1) is 135 Å². The molecule has 4 fully saturated rings. The lowest BCUT2D eigenvalue weighted by atomic mass is 10.2. The molecule has 8 heterocycles. The van der Waals surface area contributed by atoms with E-state index in [1.54, 1.807) is 98.8 Å². The fraction of sp³-hybridized carbons (Fsp3) is 0.411. The Hall–Kier alpha value is -10.3. The molecule has 16 rings (SSSR count). The lowest BCUT2D eigenvalue weighted by Crippen LogP contribution is -2.37. The highest BCUT2D eigenvalue weighted by molar-refractivity contribution is 7.77.